The quantitative estimate of drug-likeness (QED) is 0.735. The molecule has 0 aromatic carbocycles. The van der Waals surface area contributed by atoms with Crippen molar-refractivity contribution in [2.24, 2.45) is 5.41 Å². The van der Waals surface area contributed by atoms with E-state index in [0.29, 0.717) is 25.2 Å². The highest BCUT2D eigenvalue weighted by Gasteiger charge is 2.39. The third kappa shape index (κ3) is 2.78. The first-order chi connectivity index (χ1) is 8.39. The smallest absolute Gasteiger partial charge is 0.407 e. The zero-order chi connectivity index (χ0) is 13.3. The van der Waals surface area contributed by atoms with Crippen LogP contribution in [0.15, 0.2) is 0 Å². The van der Waals surface area contributed by atoms with Gasteiger partial charge in [0.05, 0.1) is 0 Å². The first kappa shape index (κ1) is 13.6. The van der Waals surface area contributed by atoms with Crippen molar-refractivity contribution in [3.05, 3.63) is 0 Å². The Morgan fingerprint density at radius 1 is 1.33 bits per heavy atom. The molecule has 0 aliphatic carbocycles. The Morgan fingerprint density at radius 3 is 2.61 bits per heavy atom. The van der Waals surface area contributed by atoms with Crippen LogP contribution in [-0.4, -0.2) is 65.8 Å². The number of nitrogens with zero attached hydrogens (tertiary/aromatic N) is 2. The molecule has 0 aromatic rings. The maximum absolute atomic E-state index is 11.0. The molecule has 2 rings (SSSR count). The van der Waals surface area contributed by atoms with E-state index in [-0.39, 0.29) is 5.41 Å². The van der Waals surface area contributed by atoms with Gasteiger partial charge < -0.3 is 15.3 Å². The molecule has 1 amide bonds. The van der Waals surface area contributed by atoms with Crippen LogP contribution >= 0.6 is 0 Å². The molecule has 0 radical (unpaired) electrons. The molecular weight excluding hydrogens is 230 g/mol. The highest BCUT2D eigenvalue weighted by molar-refractivity contribution is 5.65. The molecule has 2 N–H and O–H groups in total. The lowest BCUT2D eigenvalue weighted by atomic mass is 9.83. The molecule has 0 saturated carbocycles. The van der Waals surface area contributed by atoms with Crippen molar-refractivity contribution in [3.63, 3.8) is 0 Å². The van der Waals surface area contributed by atoms with Gasteiger partial charge in [0.2, 0.25) is 0 Å². The molecule has 5 nitrogen and oxygen atoms in total. The van der Waals surface area contributed by atoms with Gasteiger partial charge in [0.15, 0.2) is 0 Å². The van der Waals surface area contributed by atoms with Gasteiger partial charge in [0, 0.05) is 44.8 Å². The minimum atomic E-state index is -0.778. The summed E-state index contributed by atoms with van der Waals surface area (Å²) in [5.41, 5.74) is 0.226. The topological polar surface area (TPSA) is 55.8 Å². The Balaban J connectivity index is 2.04. The van der Waals surface area contributed by atoms with Crippen LogP contribution in [0, 0.1) is 5.41 Å². The fourth-order valence-corrected chi connectivity index (χ4v) is 3.15. The van der Waals surface area contributed by atoms with Crippen LogP contribution < -0.4 is 5.32 Å². The fourth-order valence-electron chi connectivity index (χ4n) is 3.15. The van der Waals surface area contributed by atoms with Gasteiger partial charge in [-0.2, -0.15) is 0 Å². The number of carboxylic acid groups (broad SMARTS) is 1. The molecule has 5 heteroatoms. The number of nitrogens with one attached hydrogen (secondary N) is 1. The molecule has 2 aliphatic heterocycles. The van der Waals surface area contributed by atoms with E-state index in [4.69, 9.17) is 5.11 Å². The molecule has 104 valence electrons. The minimum absolute atomic E-state index is 0.226. The van der Waals surface area contributed by atoms with Gasteiger partial charge in [0.25, 0.3) is 0 Å². The van der Waals surface area contributed by atoms with Crippen molar-refractivity contribution < 1.29 is 9.90 Å². The summed E-state index contributed by atoms with van der Waals surface area (Å²) in [6.07, 6.45) is 0.193. The van der Waals surface area contributed by atoms with Crippen LogP contribution in [0.1, 0.15) is 27.2 Å². The standard InChI is InChI=1S/C13H25N3O2/c1-13(2,3)11-8-14-5-7-16(11)10-4-6-15(9-10)12(17)18/h10-11,14H,4-9H2,1-3H3,(H,17,18)/t10-,11?/m1/s1. The van der Waals surface area contributed by atoms with E-state index >= 15 is 0 Å². The molecule has 2 atom stereocenters. The van der Waals surface area contributed by atoms with Gasteiger partial charge in [-0.15, -0.1) is 0 Å². The summed E-state index contributed by atoms with van der Waals surface area (Å²) in [6.45, 7) is 11.2. The number of rotatable bonds is 1. The van der Waals surface area contributed by atoms with E-state index in [2.05, 4.69) is 31.0 Å². The normalized spacial score (nSPS) is 30.7. The zero-order valence-corrected chi connectivity index (χ0v) is 11.6. The number of amides is 1. The lowest BCUT2D eigenvalue weighted by Crippen LogP contribution is -2.60. The summed E-state index contributed by atoms with van der Waals surface area (Å²) in [4.78, 5) is 15.1. The Morgan fingerprint density at radius 2 is 2.06 bits per heavy atom. The molecule has 2 aliphatic rings. The first-order valence-corrected chi connectivity index (χ1v) is 6.84. The maximum atomic E-state index is 11.0. The maximum Gasteiger partial charge on any atom is 0.407 e. The average molecular weight is 255 g/mol. The molecule has 18 heavy (non-hydrogen) atoms. The molecule has 0 aromatic heterocycles. The van der Waals surface area contributed by atoms with Crippen LogP contribution in [0.5, 0.6) is 0 Å². The second-order valence-corrected chi connectivity index (χ2v) is 6.49. The van der Waals surface area contributed by atoms with Crippen LogP contribution in [0.3, 0.4) is 0 Å². The summed E-state index contributed by atoms with van der Waals surface area (Å²) in [5.74, 6) is 0. The third-order valence-corrected chi connectivity index (χ3v) is 4.19. The lowest BCUT2D eigenvalue weighted by molar-refractivity contribution is 0.0404. The van der Waals surface area contributed by atoms with Gasteiger partial charge >= 0.3 is 6.09 Å². The van der Waals surface area contributed by atoms with E-state index in [1.165, 1.54) is 0 Å². The number of carbonyl (C=O) groups is 1. The van der Waals surface area contributed by atoms with E-state index in [9.17, 15) is 4.79 Å². The minimum Gasteiger partial charge on any atom is -0.465 e. The second-order valence-electron chi connectivity index (χ2n) is 6.49. The number of hydrogen-bond acceptors (Lipinski definition) is 3. The van der Waals surface area contributed by atoms with E-state index in [1.807, 2.05) is 0 Å². The highest BCUT2D eigenvalue weighted by Crippen LogP contribution is 2.29. The predicted octanol–water partition coefficient (Wildman–Crippen LogP) is 1.06. The van der Waals surface area contributed by atoms with Crippen LogP contribution in [0.4, 0.5) is 4.79 Å². The zero-order valence-electron chi connectivity index (χ0n) is 11.6. The molecule has 2 saturated heterocycles. The van der Waals surface area contributed by atoms with E-state index in [0.717, 1.165) is 26.1 Å². The molecule has 2 fully saturated rings. The van der Waals surface area contributed by atoms with Crippen LogP contribution in [-0.2, 0) is 0 Å². The van der Waals surface area contributed by atoms with Crippen LogP contribution in [0.2, 0.25) is 0 Å². The van der Waals surface area contributed by atoms with E-state index in [1.54, 1.807) is 4.90 Å². The summed E-state index contributed by atoms with van der Waals surface area (Å²) in [6, 6.07) is 0.886. The number of hydrogen-bond donors (Lipinski definition) is 2. The fraction of sp³-hybridized carbons (Fsp3) is 0.923. The Hall–Kier alpha value is -0.810. The Kier molecular flexibility index (Phi) is 3.82. The predicted molar refractivity (Wildman–Crippen MR) is 70.8 cm³/mol. The van der Waals surface area contributed by atoms with Crippen molar-refractivity contribution in [3.8, 4) is 0 Å². The monoisotopic (exact) mass is 255 g/mol. The highest BCUT2D eigenvalue weighted by atomic mass is 16.4. The first-order valence-electron chi connectivity index (χ1n) is 6.84. The van der Waals surface area contributed by atoms with Crippen molar-refractivity contribution in [1.29, 1.82) is 0 Å². The average Bonchev–Trinajstić information content (AvgIpc) is 2.77. The Bertz CT molecular complexity index is 314. The van der Waals surface area contributed by atoms with Crippen molar-refractivity contribution in [1.82, 2.24) is 15.1 Å². The van der Waals surface area contributed by atoms with Gasteiger partial charge in [-0.1, -0.05) is 20.8 Å². The lowest BCUT2D eigenvalue weighted by Gasteiger charge is -2.46. The third-order valence-electron chi connectivity index (χ3n) is 4.19. The molecular formula is C13H25N3O2. The summed E-state index contributed by atoms with van der Waals surface area (Å²) in [7, 11) is 0. The van der Waals surface area contributed by atoms with Gasteiger partial charge in [0.1, 0.15) is 0 Å². The molecule has 0 spiro atoms. The SMILES string of the molecule is CC(C)(C)C1CNCCN1[C@@H]1CCN(C(=O)O)C1. The summed E-state index contributed by atoms with van der Waals surface area (Å²) < 4.78 is 0. The largest absolute Gasteiger partial charge is 0.465 e. The number of piperazine rings is 1. The summed E-state index contributed by atoms with van der Waals surface area (Å²) >= 11 is 0. The van der Waals surface area contributed by atoms with Crippen molar-refractivity contribution >= 4 is 6.09 Å². The molecule has 1 unspecified atom stereocenters. The molecule has 2 heterocycles. The molecule has 0 bridgehead atoms. The number of likely N-dealkylation sites (tertiary alicyclic amines) is 1. The van der Waals surface area contributed by atoms with E-state index < -0.39 is 6.09 Å². The van der Waals surface area contributed by atoms with Gasteiger partial charge in [-0.05, 0) is 11.8 Å². The summed E-state index contributed by atoms with van der Waals surface area (Å²) in [5, 5.41) is 12.5. The van der Waals surface area contributed by atoms with Gasteiger partial charge in [-0.3, -0.25) is 4.90 Å². The van der Waals surface area contributed by atoms with Crippen LogP contribution in [0.25, 0.3) is 0 Å². The van der Waals surface area contributed by atoms with Gasteiger partial charge in [-0.25, -0.2) is 4.79 Å². The van der Waals surface area contributed by atoms with Crippen molar-refractivity contribution in [2.45, 2.75) is 39.3 Å². The second kappa shape index (κ2) is 5.05. The Labute approximate surface area is 109 Å². The van der Waals surface area contributed by atoms with Crippen molar-refractivity contribution in [2.75, 3.05) is 32.7 Å².